The van der Waals surface area contributed by atoms with Gasteiger partial charge in [-0.25, -0.2) is 15.0 Å². The second kappa shape index (κ2) is 11.6. The number of hydrogen-bond donors (Lipinski definition) is 0. The third kappa shape index (κ3) is 4.69. The fourth-order valence-corrected chi connectivity index (χ4v) is 8.20. The first-order chi connectivity index (χ1) is 24.8. The molecule has 4 aromatic heterocycles. The molecule has 0 unspecified atom stereocenters. The lowest BCUT2D eigenvalue weighted by Crippen LogP contribution is -2.02. The second-order valence-corrected chi connectivity index (χ2v) is 13.4. The number of nitrogens with zero attached hydrogens (tertiary/aromatic N) is 5. The van der Waals surface area contributed by atoms with Gasteiger partial charge in [0.25, 0.3) is 0 Å². The average Bonchev–Trinajstić information content (AvgIpc) is 3.74. The molecule has 0 amide bonds. The van der Waals surface area contributed by atoms with E-state index >= 15 is 0 Å². The van der Waals surface area contributed by atoms with Crippen LogP contribution < -0.4 is 0 Å². The van der Waals surface area contributed by atoms with Crippen LogP contribution >= 0.6 is 11.3 Å². The van der Waals surface area contributed by atoms with Gasteiger partial charge >= 0.3 is 0 Å². The molecule has 0 aliphatic rings. The maximum atomic E-state index is 4.96. The molecule has 50 heavy (non-hydrogen) atoms. The van der Waals surface area contributed by atoms with Crippen molar-refractivity contribution in [3.05, 3.63) is 164 Å². The predicted molar refractivity (Wildman–Crippen MR) is 207 cm³/mol. The van der Waals surface area contributed by atoms with Gasteiger partial charge in [0.05, 0.1) is 22.9 Å². The number of pyridine rings is 1. The number of rotatable bonds is 5. The molecule has 6 aromatic carbocycles. The summed E-state index contributed by atoms with van der Waals surface area (Å²) in [5, 5.41) is 5.01. The van der Waals surface area contributed by atoms with Gasteiger partial charge in [-0.15, -0.1) is 11.3 Å². The molecule has 0 atom stereocenters. The van der Waals surface area contributed by atoms with Crippen LogP contribution in [0.5, 0.6) is 0 Å². The van der Waals surface area contributed by atoms with Crippen LogP contribution in [0.1, 0.15) is 0 Å². The summed E-state index contributed by atoms with van der Waals surface area (Å²) in [6.45, 7) is 0. The van der Waals surface area contributed by atoms with E-state index < -0.39 is 0 Å². The predicted octanol–water partition coefficient (Wildman–Crippen LogP) is 11.4. The molecule has 234 valence electrons. The number of hydrogen-bond acceptors (Lipinski definition) is 5. The molecule has 4 heterocycles. The molecular weight excluding hydrogens is 631 g/mol. The number of para-hydroxylation sites is 1. The lowest BCUT2D eigenvalue weighted by molar-refractivity contribution is 1.05. The van der Waals surface area contributed by atoms with Crippen molar-refractivity contribution in [3.63, 3.8) is 0 Å². The van der Waals surface area contributed by atoms with E-state index in [0.29, 0.717) is 23.2 Å². The first-order valence-electron chi connectivity index (χ1n) is 16.6. The fourth-order valence-electron chi connectivity index (χ4n) is 6.96. The number of benzene rings is 6. The van der Waals surface area contributed by atoms with Crippen molar-refractivity contribution in [2.75, 3.05) is 0 Å². The van der Waals surface area contributed by atoms with Crippen molar-refractivity contribution in [3.8, 4) is 51.1 Å². The van der Waals surface area contributed by atoms with Gasteiger partial charge in [0.15, 0.2) is 17.5 Å². The number of aromatic nitrogens is 5. The molecular formula is C44H27N5S. The molecule has 5 nitrogen and oxygen atoms in total. The summed E-state index contributed by atoms with van der Waals surface area (Å²) in [5.74, 6) is 1.76. The Morgan fingerprint density at radius 2 is 1.08 bits per heavy atom. The number of fused-ring (bicyclic) bond motifs is 6. The van der Waals surface area contributed by atoms with Gasteiger partial charge in [-0.2, -0.15) is 0 Å². The van der Waals surface area contributed by atoms with Gasteiger partial charge in [0.1, 0.15) is 5.69 Å². The zero-order valence-corrected chi connectivity index (χ0v) is 27.5. The Morgan fingerprint density at radius 1 is 0.440 bits per heavy atom. The second-order valence-electron chi connectivity index (χ2n) is 12.3. The van der Waals surface area contributed by atoms with E-state index in [9.17, 15) is 0 Å². The highest BCUT2D eigenvalue weighted by Crippen LogP contribution is 2.41. The highest BCUT2D eigenvalue weighted by molar-refractivity contribution is 7.26. The Labute approximate surface area is 291 Å². The smallest absolute Gasteiger partial charge is 0.182 e. The maximum Gasteiger partial charge on any atom is 0.182 e. The molecule has 10 rings (SSSR count). The molecule has 0 fully saturated rings. The molecule has 6 heteroatoms. The summed E-state index contributed by atoms with van der Waals surface area (Å²) < 4.78 is 4.93. The molecule has 0 radical (unpaired) electrons. The van der Waals surface area contributed by atoms with Crippen LogP contribution in [-0.4, -0.2) is 24.5 Å². The lowest BCUT2D eigenvalue weighted by Gasteiger charge is -2.11. The molecule has 10 aromatic rings. The summed E-state index contributed by atoms with van der Waals surface area (Å²) in [6.07, 6.45) is 1.93. The van der Waals surface area contributed by atoms with E-state index in [-0.39, 0.29) is 0 Å². The monoisotopic (exact) mass is 657 g/mol. The first kappa shape index (κ1) is 28.5. The molecule has 0 aliphatic heterocycles. The minimum absolute atomic E-state index is 0.533. The van der Waals surface area contributed by atoms with Crippen molar-refractivity contribution in [2.45, 2.75) is 0 Å². The van der Waals surface area contributed by atoms with Gasteiger partial charge in [-0.05, 0) is 41.5 Å². The summed E-state index contributed by atoms with van der Waals surface area (Å²) in [6, 6.07) is 54.9. The highest BCUT2D eigenvalue weighted by Gasteiger charge is 2.17. The molecule has 0 saturated carbocycles. The standard InChI is InChI=1S/C44H27N5S/c1-3-12-28(13-4-1)42-46-43(29-14-5-2-6-15-29)48-44(47-42)37-25-23-31(27-45-37)49-38-20-9-7-16-33(38)34-24-22-30(26-39(34)49)32-18-11-19-36-35-17-8-10-21-40(35)50-41(32)36/h1-27H. The molecule has 0 N–H and O–H groups in total. The Bertz CT molecular complexity index is 2800. The minimum Gasteiger partial charge on any atom is -0.308 e. The van der Waals surface area contributed by atoms with E-state index in [1.165, 1.54) is 42.1 Å². The third-order valence-electron chi connectivity index (χ3n) is 9.32. The van der Waals surface area contributed by atoms with Crippen molar-refractivity contribution >= 4 is 53.3 Å². The minimum atomic E-state index is 0.533. The number of thiophene rings is 1. The summed E-state index contributed by atoms with van der Waals surface area (Å²) in [4.78, 5) is 19.6. The van der Waals surface area contributed by atoms with Crippen LogP contribution in [0.15, 0.2) is 164 Å². The highest BCUT2D eigenvalue weighted by atomic mass is 32.1. The van der Waals surface area contributed by atoms with Crippen molar-refractivity contribution in [1.29, 1.82) is 0 Å². The average molecular weight is 658 g/mol. The summed E-state index contributed by atoms with van der Waals surface area (Å²) in [5.41, 5.74) is 8.21. The van der Waals surface area contributed by atoms with Crippen molar-refractivity contribution < 1.29 is 0 Å². The van der Waals surface area contributed by atoms with Crippen molar-refractivity contribution in [2.24, 2.45) is 0 Å². The molecule has 0 saturated heterocycles. The third-order valence-corrected chi connectivity index (χ3v) is 10.5. The Hall–Kier alpha value is -6.50. The van der Waals surface area contributed by atoms with Crippen LogP contribution in [-0.2, 0) is 0 Å². The van der Waals surface area contributed by atoms with Gasteiger partial charge in [0, 0.05) is 42.1 Å². The normalized spacial score (nSPS) is 11.6. The Kier molecular flexibility index (Phi) is 6.60. The zero-order chi connectivity index (χ0) is 33.0. The van der Waals surface area contributed by atoms with Gasteiger partial charge in [0.2, 0.25) is 0 Å². The lowest BCUT2D eigenvalue weighted by atomic mass is 10.0. The van der Waals surface area contributed by atoms with E-state index in [1.807, 2.05) is 84.3 Å². The SMILES string of the molecule is c1ccc(-c2nc(-c3ccccc3)nc(-c3ccc(-n4c5ccccc5c5ccc(-c6cccc7c6sc6ccccc67)cc54)cn3)n2)cc1. The van der Waals surface area contributed by atoms with E-state index in [1.54, 1.807) is 0 Å². The van der Waals surface area contributed by atoms with Crippen LogP contribution in [0.4, 0.5) is 0 Å². The van der Waals surface area contributed by atoms with Gasteiger partial charge < -0.3 is 4.57 Å². The van der Waals surface area contributed by atoms with E-state index in [2.05, 4.69) is 95.6 Å². The molecule has 0 aliphatic carbocycles. The van der Waals surface area contributed by atoms with Gasteiger partial charge in [-0.3, -0.25) is 4.98 Å². The van der Waals surface area contributed by atoms with E-state index in [0.717, 1.165) is 27.8 Å². The van der Waals surface area contributed by atoms with Crippen LogP contribution in [0.2, 0.25) is 0 Å². The molecule has 0 bridgehead atoms. The quantitative estimate of drug-likeness (QED) is 0.185. The Balaban J connectivity index is 1.12. The fraction of sp³-hybridized carbons (Fsp3) is 0. The Morgan fingerprint density at radius 3 is 1.82 bits per heavy atom. The molecule has 0 spiro atoms. The van der Waals surface area contributed by atoms with Gasteiger partial charge in [-0.1, -0.05) is 127 Å². The first-order valence-corrected chi connectivity index (χ1v) is 17.4. The van der Waals surface area contributed by atoms with E-state index in [4.69, 9.17) is 19.9 Å². The maximum absolute atomic E-state index is 4.96. The van der Waals surface area contributed by atoms with Crippen LogP contribution in [0.25, 0.3) is 93.1 Å². The van der Waals surface area contributed by atoms with Crippen LogP contribution in [0, 0.1) is 0 Å². The van der Waals surface area contributed by atoms with Crippen LogP contribution in [0.3, 0.4) is 0 Å². The zero-order valence-electron chi connectivity index (χ0n) is 26.7. The summed E-state index contributed by atoms with van der Waals surface area (Å²) in [7, 11) is 0. The summed E-state index contributed by atoms with van der Waals surface area (Å²) >= 11 is 1.86. The van der Waals surface area contributed by atoms with Crippen molar-refractivity contribution in [1.82, 2.24) is 24.5 Å². The topological polar surface area (TPSA) is 56.5 Å². The largest absolute Gasteiger partial charge is 0.308 e.